The van der Waals surface area contributed by atoms with E-state index in [-0.39, 0.29) is 0 Å². The lowest BCUT2D eigenvalue weighted by molar-refractivity contribution is 0.296. The van der Waals surface area contributed by atoms with Crippen molar-refractivity contribution in [3.8, 4) is 5.75 Å². The zero-order chi connectivity index (χ0) is 13.8. The summed E-state index contributed by atoms with van der Waals surface area (Å²) >= 11 is 0. The normalized spacial score (nSPS) is 19.1. The Morgan fingerprint density at radius 2 is 2.20 bits per heavy atom. The first-order valence-corrected chi connectivity index (χ1v) is 6.89. The predicted octanol–water partition coefficient (Wildman–Crippen LogP) is 1.18. The summed E-state index contributed by atoms with van der Waals surface area (Å²) in [6.07, 6.45) is 0. The molecule has 2 aromatic rings. The average Bonchev–Trinajstić information content (AvgIpc) is 2.95. The number of hydrogen-bond acceptors (Lipinski definition) is 5. The summed E-state index contributed by atoms with van der Waals surface area (Å²) in [6.45, 7) is 5.39. The van der Waals surface area contributed by atoms with Crippen molar-refractivity contribution in [2.45, 2.75) is 19.6 Å². The molecule has 1 aliphatic heterocycles. The molecule has 1 aromatic heterocycles. The summed E-state index contributed by atoms with van der Waals surface area (Å²) in [5, 5.41) is 10.6. The molecule has 0 aliphatic carbocycles. The number of nitrogens with one attached hydrogen (secondary N) is 2. The molecule has 3 rings (SSSR count). The number of H-pyrrole nitrogens is 1. The molecule has 0 saturated carbocycles. The van der Waals surface area contributed by atoms with Gasteiger partial charge in [-0.2, -0.15) is 4.98 Å². The molecular formula is C14H19N5O. The molecule has 0 unspecified atom stereocenters. The Labute approximate surface area is 118 Å². The van der Waals surface area contributed by atoms with Crippen LogP contribution in [0.2, 0.25) is 0 Å². The van der Waals surface area contributed by atoms with Gasteiger partial charge in [0.05, 0.1) is 0 Å². The number of piperazine rings is 1. The van der Waals surface area contributed by atoms with Gasteiger partial charge in [-0.05, 0) is 19.1 Å². The Balaban J connectivity index is 1.59. The molecule has 1 saturated heterocycles. The van der Waals surface area contributed by atoms with Crippen LogP contribution in [0.5, 0.6) is 5.75 Å². The summed E-state index contributed by atoms with van der Waals surface area (Å²) in [5.74, 6) is 2.33. The summed E-state index contributed by atoms with van der Waals surface area (Å²) < 4.78 is 5.65. The Morgan fingerprint density at radius 3 is 3.00 bits per heavy atom. The van der Waals surface area contributed by atoms with Gasteiger partial charge in [-0.25, -0.2) is 0 Å². The summed E-state index contributed by atoms with van der Waals surface area (Å²) in [7, 11) is 0. The van der Waals surface area contributed by atoms with Crippen molar-refractivity contribution in [1.82, 2.24) is 20.5 Å². The van der Waals surface area contributed by atoms with Gasteiger partial charge in [-0.15, -0.1) is 5.10 Å². The lowest BCUT2D eigenvalue weighted by atomic mass is 10.2. The molecular weight excluding hydrogens is 254 g/mol. The van der Waals surface area contributed by atoms with Gasteiger partial charge in [0.15, 0.2) is 5.82 Å². The Kier molecular flexibility index (Phi) is 3.83. The molecule has 1 aromatic carbocycles. The fourth-order valence-electron chi connectivity index (χ4n) is 2.27. The lowest BCUT2D eigenvalue weighted by Crippen LogP contribution is -2.49. The lowest BCUT2D eigenvalue weighted by Gasteiger charge is -2.30. The first-order chi connectivity index (χ1) is 9.81. The largest absolute Gasteiger partial charge is 0.486 e. The highest BCUT2D eigenvalue weighted by Crippen LogP contribution is 2.13. The second kappa shape index (κ2) is 5.92. The number of benzene rings is 1. The van der Waals surface area contributed by atoms with E-state index in [0.717, 1.165) is 37.2 Å². The van der Waals surface area contributed by atoms with Crippen molar-refractivity contribution < 1.29 is 4.74 Å². The fourth-order valence-corrected chi connectivity index (χ4v) is 2.27. The third-order valence-electron chi connectivity index (χ3n) is 3.29. The van der Waals surface area contributed by atoms with Crippen molar-refractivity contribution in [2.75, 3.05) is 24.5 Å². The van der Waals surface area contributed by atoms with Crippen LogP contribution in [0.3, 0.4) is 0 Å². The number of ether oxygens (including phenoxy) is 1. The molecule has 20 heavy (non-hydrogen) atoms. The maximum absolute atomic E-state index is 5.65. The number of rotatable bonds is 4. The van der Waals surface area contributed by atoms with Gasteiger partial charge in [-0.3, -0.25) is 5.10 Å². The number of aromatic nitrogens is 3. The van der Waals surface area contributed by atoms with Gasteiger partial charge >= 0.3 is 0 Å². The van der Waals surface area contributed by atoms with E-state index >= 15 is 0 Å². The van der Waals surface area contributed by atoms with E-state index in [1.165, 1.54) is 0 Å². The highest BCUT2D eigenvalue weighted by atomic mass is 16.5. The van der Waals surface area contributed by atoms with Crippen LogP contribution in [0.1, 0.15) is 12.7 Å². The third kappa shape index (κ3) is 3.08. The number of aromatic amines is 1. The van der Waals surface area contributed by atoms with E-state index in [4.69, 9.17) is 4.74 Å². The molecule has 6 heteroatoms. The zero-order valence-corrected chi connectivity index (χ0v) is 11.5. The van der Waals surface area contributed by atoms with Crippen LogP contribution in [0.25, 0.3) is 0 Å². The molecule has 2 N–H and O–H groups in total. The smallest absolute Gasteiger partial charge is 0.244 e. The van der Waals surface area contributed by atoms with Gasteiger partial charge in [0.25, 0.3) is 0 Å². The van der Waals surface area contributed by atoms with Crippen LogP contribution >= 0.6 is 0 Å². The van der Waals surface area contributed by atoms with Gasteiger partial charge in [0, 0.05) is 25.7 Å². The zero-order valence-electron chi connectivity index (χ0n) is 11.5. The van der Waals surface area contributed by atoms with Crippen molar-refractivity contribution in [1.29, 1.82) is 0 Å². The minimum absolute atomic E-state index is 0.401. The molecule has 106 valence electrons. The van der Waals surface area contributed by atoms with Crippen LogP contribution in [0.15, 0.2) is 30.3 Å². The highest BCUT2D eigenvalue weighted by Gasteiger charge is 2.19. The van der Waals surface area contributed by atoms with Gasteiger partial charge < -0.3 is 15.0 Å². The van der Waals surface area contributed by atoms with E-state index < -0.39 is 0 Å². The van der Waals surface area contributed by atoms with E-state index in [1.54, 1.807) is 0 Å². The Hall–Kier alpha value is -2.08. The Bertz CT molecular complexity index is 542. The van der Waals surface area contributed by atoms with Crippen LogP contribution in [-0.2, 0) is 6.61 Å². The van der Waals surface area contributed by atoms with Gasteiger partial charge in [-0.1, -0.05) is 18.2 Å². The van der Waals surface area contributed by atoms with Crippen molar-refractivity contribution in [3.63, 3.8) is 0 Å². The monoisotopic (exact) mass is 273 g/mol. The summed E-state index contributed by atoms with van der Waals surface area (Å²) in [5.41, 5.74) is 0. The molecule has 0 spiro atoms. The highest BCUT2D eigenvalue weighted by molar-refractivity contribution is 5.30. The minimum Gasteiger partial charge on any atom is -0.486 e. The molecule has 0 amide bonds. The maximum Gasteiger partial charge on any atom is 0.244 e. The van der Waals surface area contributed by atoms with Crippen LogP contribution in [0.4, 0.5) is 5.95 Å². The quantitative estimate of drug-likeness (QED) is 0.875. The van der Waals surface area contributed by atoms with Gasteiger partial charge in [0.1, 0.15) is 12.4 Å². The van der Waals surface area contributed by atoms with Crippen LogP contribution in [0, 0.1) is 0 Å². The van der Waals surface area contributed by atoms with E-state index in [9.17, 15) is 0 Å². The second-order valence-electron chi connectivity index (χ2n) is 4.99. The SMILES string of the molecule is C[C@@H]1CN(c2n[nH]c(COc3ccccc3)n2)CCN1. The first kappa shape index (κ1) is 12.9. The molecule has 1 atom stereocenters. The predicted molar refractivity (Wildman–Crippen MR) is 76.8 cm³/mol. The summed E-state index contributed by atoms with van der Waals surface area (Å²) in [4.78, 5) is 6.67. The molecule has 1 fully saturated rings. The molecule has 1 aliphatic rings. The fraction of sp³-hybridized carbons (Fsp3) is 0.429. The van der Waals surface area contributed by atoms with E-state index in [0.29, 0.717) is 12.6 Å². The third-order valence-corrected chi connectivity index (χ3v) is 3.29. The van der Waals surface area contributed by atoms with E-state index in [2.05, 4.69) is 32.3 Å². The molecule has 0 radical (unpaired) electrons. The van der Waals surface area contributed by atoms with E-state index in [1.807, 2.05) is 30.3 Å². The van der Waals surface area contributed by atoms with Crippen LogP contribution < -0.4 is 15.0 Å². The van der Waals surface area contributed by atoms with Crippen molar-refractivity contribution in [3.05, 3.63) is 36.2 Å². The number of para-hydroxylation sites is 1. The standard InChI is InChI=1S/C14H19N5O/c1-11-9-19(8-7-15-11)14-16-13(17-18-14)10-20-12-5-3-2-4-6-12/h2-6,11,15H,7-10H2,1H3,(H,16,17,18)/t11-/m1/s1. The average molecular weight is 273 g/mol. The molecule has 6 nitrogen and oxygen atoms in total. The van der Waals surface area contributed by atoms with Gasteiger partial charge in [0.2, 0.25) is 5.95 Å². The first-order valence-electron chi connectivity index (χ1n) is 6.89. The van der Waals surface area contributed by atoms with Crippen molar-refractivity contribution >= 4 is 5.95 Å². The number of anilines is 1. The second-order valence-corrected chi connectivity index (χ2v) is 4.99. The van der Waals surface area contributed by atoms with Crippen molar-refractivity contribution in [2.24, 2.45) is 0 Å². The topological polar surface area (TPSA) is 66.1 Å². The maximum atomic E-state index is 5.65. The summed E-state index contributed by atoms with van der Waals surface area (Å²) in [6, 6.07) is 10.2. The minimum atomic E-state index is 0.401. The number of nitrogens with zero attached hydrogens (tertiary/aromatic N) is 3. The molecule has 2 heterocycles. The Morgan fingerprint density at radius 1 is 1.35 bits per heavy atom. The van der Waals surface area contributed by atoms with Crippen LogP contribution in [-0.4, -0.2) is 40.9 Å². The molecule has 0 bridgehead atoms. The number of hydrogen-bond donors (Lipinski definition) is 2.